The molecule has 2 bridgehead atoms. The minimum absolute atomic E-state index is 0.148. The summed E-state index contributed by atoms with van der Waals surface area (Å²) in [6.07, 6.45) is 14.8. The van der Waals surface area contributed by atoms with Gasteiger partial charge in [-0.1, -0.05) is 30.7 Å². The highest BCUT2D eigenvalue weighted by Crippen LogP contribution is 2.52. The van der Waals surface area contributed by atoms with Crippen LogP contribution in [0.4, 0.5) is 0 Å². The van der Waals surface area contributed by atoms with Crippen LogP contribution >= 0.6 is 0 Å². The lowest BCUT2D eigenvalue weighted by Crippen LogP contribution is -2.37. The third-order valence-electron chi connectivity index (χ3n) is 5.29. The standard InChI is InChI=1S/C18H24O2/c1-3-13-5-4-6-15(9-7-13)17(19)20-18(2)12-14-8-10-16(18)11-14/h4,6-7,9,14,16H,3,5,8,10-12H2,1-2H3. The average Bonchev–Trinajstić information content (AvgIpc) is 2.90. The molecule has 0 N–H and O–H groups in total. The van der Waals surface area contributed by atoms with Crippen molar-refractivity contribution in [2.24, 2.45) is 11.8 Å². The highest BCUT2D eigenvalue weighted by atomic mass is 16.6. The topological polar surface area (TPSA) is 26.3 Å². The van der Waals surface area contributed by atoms with Crippen molar-refractivity contribution in [2.75, 3.05) is 0 Å². The third-order valence-corrected chi connectivity index (χ3v) is 5.29. The molecule has 0 aliphatic heterocycles. The van der Waals surface area contributed by atoms with Crippen molar-refractivity contribution in [2.45, 2.75) is 58.0 Å². The van der Waals surface area contributed by atoms with E-state index in [1.165, 1.54) is 24.8 Å². The Morgan fingerprint density at radius 2 is 2.25 bits per heavy atom. The van der Waals surface area contributed by atoms with Crippen molar-refractivity contribution in [1.29, 1.82) is 0 Å². The van der Waals surface area contributed by atoms with Crippen molar-refractivity contribution in [1.82, 2.24) is 0 Å². The average molecular weight is 272 g/mol. The van der Waals surface area contributed by atoms with Crippen LogP contribution in [-0.4, -0.2) is 11.6 Å². The highest BCUT2D eigenvalue weighted by molar-refractivity contribution is 5.92. The van der Waals surface area contributed by atoms with E-state index in [0.717, 1.165) is 25.2 Å². The second-order valence-corrected chi connectivity index (χ2v) is 6.69. The number of carbonyl (C=O) groups excluding carboxylic acids is 1. The van der Waals surface area contributed by atoms with E-state index in [-0.39, 0.29) is 11.6 Å². The van der Waals surface area contributed by atoms with E-state index in [2.05, 4.69) is 26.0 Å². The molecular weight excluding hydrogens is 248 g/mol. The maximum atomic E-state index is 12.4. The third kappa shape index (κ3) is 2.48. The van der Waals surface area contributed by atoms with E-state index in [0.29, 0.717) is 11.5 Å². The first-order valence-corrected chi connectivity index (χ1v) is 7.90. The lowest BCUT2D eigenvalue weighted by molar-refractivity contribution is -0.157. The van der Waals surface area contributed by atoms with Gasteiger partial charge < -0.3 is 4.74 Å². The van der Waals surface area contributed by atoms with Gasteiger partial charge in [0, 0.05) is 0 Å². The summed E-state index contributed by atoms with van der Waals surface area (Å²) in [5.74, 6) is 1.21. The first-order valence-electron chi connectivity index (χ1n) is 7.90. The fourth-order valence-electron chi connectivity index (χ4n) is 4.02. The van der Waals surface area contributed by atoms with Crippen LogP contribution in [0.15, 0.2) is 35.5 Å². The minimum Gasteiger partial charge on any atom is -0.455 e. The molecule has 3 rings (SSSR count). The summed E-state index contributed by atoms with van der Waals surface area (Å²) in [4.78, 5) is 12.4. The zero-order valence-corrected chi connectivity index (χ0v) is 12.5. The van der Waals surface area contributed by atoms with E-state index in [1.54, 1.807) is 0 Å². The lowest BCUT2D eigenvalue weighted by Gasteiger charge is -2.33. The molecule has 3 aliphatic carbocycles. The Morgan fingerprint density at radius 1 is 1.40 bits per heavy atom. The number of hydrogen-bond acceptors (Lipinski definition) is 2. The fraction of sp³-hybridized carbons (Fsp3) is 0.611. The quantitative estimate of drug-likeness (QED) is 0.715. The lowest BCUT2D eigenvalue weighted by atomic mass is 9.85. The van der Waals surface area contributed by atoms with Gasteiger partial charge in [-0.2, -0.15) is 0 Å². The van der Waals surface area contributed by atoms with Crippen molar-refractivity contribution in [3.63, 3.8) is 0 Å². The Bertz CT molecular complexity index is 498. The van der Waals surface area contributed by atoms with E-state index in [9.17, 15) is 4.79 Å². The molecule has 0 aromatic carbocycles. The van der Waals surface area contributed by atoms with Gasteiger partial charge in [-0.25, -0.2) is 4.79 Å². The molecule has 20 heavy (non-hydrogen) atoms. The molecule has 3 unspecified atom stereocenters. The van der Waals surface area contributed by atoms with Crippen molar-refractivity contribution in [3.8, 4) is 0 Å². The van der Waals surface area contributed by atoms with Gasteiger partial charge >= 0.3 is 5.97 Å². The molecule has 0 aromatic heterocycles. The molecule has 0 heterocycles. The van der Waals surface area contributed by atoms with Gasteiger partial charge in [0.2, 0.25) is 0 Å². The van der Waals surface area contributed by atoms with E-state index in [4.69, 9.17) is 4.74 Å². The van der Waals surface area contributed by atoms with E-state index >= 15 is 0 Å². The predicted octanol–water partition coefficient (Wildman–Crippen LogP) is 4.33. The largest absolute Gasteiger partial charge is 0.455 e. The molecule has 0 amide bonds. The second-order valence-electron chi connectivity index (χ2n) is 6.69. The van der Waals surface area contributed by atoms with Crippen LogP contribution in [0, 0.1) is 11.8 Å². The molecule has 0 aromatic rings. The van der Waals surface area contributed by atoms with Crippen LogP contribution in [0.25, 0.3) is 0 Å². The molecular formula is C18H24O2. The number of esters is 1. The minimum atomic E-state index is -0.224. The van der Waals surface area contributed by atoms with Gasteiger partial charge in [-0.15, -0.1) is 0 Å². The first-order chi connectivity index (χ1) is 9.60. The van der Waals surface area contributed by atoms with Crippen molar-refractivity contribution < 1.29 is 9.53 Å². The fourth-order valence-corrected chi connectivity index (χ4v) is 4.02. The van der Waals surface area contributed by atoms with E-state index < -0.39 is 0 Å². The van der Waals surface area contributed by atoms with Gasteiger partial charge in [-0.05, 0) is 63.4 Å². The van der Waals surface area contributed by atoms with Crippen LogP contribution in [0.5, 0.6) is 0 Å². The van der Waals surface area contributed by atoms with Gasteiger partial charge in [0.25, 0.3) is 0 Å². The van der Waals surface area contributed by atoms with Crippen LogP contribution in [-0.2, 0) is 9.53 Å². The summed E-state index contributed by atoms with van der Waals surface area (Å²) < 4.78 is 5.91. The number of allylic oxidation sites excluding steroid dienone is 4. The van der Waals surface area contributed by atoms with Gasteiger partial charge in [-0.3, -0.25) is 0 Å². The maximum absolute atomic E-state index is 12.4. The summed E-state index contributed by atoms with van der Waals surface area (Å²) in [5.41, 5.74) is 1.82. The maximum Gasteiger partial charge on any atom is 0.338 e. The van der Waals surface area contributed by atoms with Crippen LogP contribution in [0.3, 0.4) is 0 Å². The summed E-state index contributed by atoms with van der Waals surface area (Å²) >= 11 is 0. The summed E-state index contributed by atoms with van der Waals surface area (Å²) in [5, 5.41) is 0. The number of ether oxygens (including phenoxy) is 1. The Hall–Kier alpha value is -1.31. The monoisotopic (exact) mass is 272 g/mol. The Balaban J connectivity index is 1.71. The molecule has 0 spiro atoms. The Morgan fingerprint density at radius 3 is 2.90 bits per heavy atom. The second kappa shape index (κ2) is 5.23. The molecule has 0 saturated heterocycles. The van der Waals surface area contributed by atoms with Crippen molar-refractivity contribution >= 4 is 5.97 Å². The van der Waals surface area contributed by atoms with Gasteiger partial charge in [0.1, 0.15) is 5.60 Å². The highest BCUT2D eigenvalue weighted by Gasteiger charge is 2.50. The zero-order chi connectivity index (χ0) is 14.2. The zero-order valence-electron chi connectivity index (χ0n) is 12.5. The predicted molar refractivity (Wildman–Crippen MR) is 80.2 cm³/mol. The summed E-state index contributed by atoms with van der Waals surface area (Å²) in [6, 6.07) is 0. The normalized spacial score (nSPS) is 35.5. The molecule has 2 nitrogen and oxygen atoms in total. The number of fused-ring (bicyclic) bond motifs is 2. The first kappa shape index (κ1) is 13.7. The summed E-state index contributed by atoms with van der Waals surface area (Å²) in [7, 11) is 0. The molecule has 2 fully saturated rings. The van der Waals surface area contributed by atoms with Gasteiger partial charge in [0.15, 0.2) is 0 Å². The molecule has 2 saturated carbocycles. The molecule has 3 aliphatic rings. The Labute approximate surface area is 121 Å². The number of carbonyl (C=O) groups is 1. The SMILES string of the molecule is CCC1=CC=C(C(=O)OC2(C)CC3CCC2C3)C=CC1. The summed E-state index contributed by atoms with van der Waals surface area (Å²) in [6.45, 7) is 4.27. The van der Waals surface area contributed by atoms with Crippen LogP contribution in [0.2, 0.25) is 0 Å². The number of rotatable bonds is 3. The number of hydrogen-bond donors (Lipinski definition) is 0. The molecule has 108 valence electrons. The smallest absolute Gasteiger partial charge is 0.338 e. The van der Waals surface area contributed by atoms with Gasteiger partial charge in [0.05, 0.1) is 5.57 Å². The van der Waals surface area contributed by atoms with Crippen molar-refractivity contribution in [3.05, 3.63) is 35.5 Å². The molecule has 2 heteroatoms. The van der Waals surface area contributed by atoms with Crippen LogP contribution < -0.4 is 0 Å². The van der Waals surface area contributed by atoms with E-state index in [1.807, 2.05) is 12.2 Å². The molecule has 3 atom stereocenters. The Kier molecular flexibility index (Phi) is 3.57. The van der Waals surface area contributed by atoms with Crippen LogP contribution in [0.1, 0.15) is 52.4 Å². The molecule has 0 radical (unpaired) electrons.